The quantitative estimate of drug-likeness (QED) is 0.773. The molecule has 2 nitrogen and oxygen atoms in total. The van der Waals surface area contributed by atoms with Gasteiger partial charge in [0.2, 0.25) is 0 Å². The van der Waals surface area contributed by atoms with E-state index in [1.54, 1.807) is 0 Å². The van der Waals surface area contributed by atoms with E-state index in [-0.39, 0.29) is 16.0 Å². The third-order valence-corrected chi connectivity index (χ3v) is 2.78. The average Bonchev–Trinajstić information content (AvgIpc) is 2.19. The van der Waals surface area contributed by atoms with Crippen LogP contribution in [0.4, 0.5) is 4.39 Å². The molecule has 0 saturated heterocycles. The normalized spacial score (nSPS) is 11.4. The number of ether oxygens (including phenoxy) is 1. The predicted molar refractivity (Wildman–Crippen MR) is 64.4 cm³/mol. The molecule has 0 spiro atoms. The molecule has 0 heterocycles. The van der Waals surface area contributed by atoms with Gasteiger partial charge in [-0.05, 0) is 22.0 Å². The maximum Gasteiger partial charge on any atom is 0.171 e. The van der Waals surface area contributed by atoms with Crippen molar-refractivity contribution in [1.29, 1.82) is 0 Å². The van der Waals surface area contributed by atoms with Crippen LogP contribution in [0.15, 0.2) is 16.6 Å². The van der Waals surface area contributed by atoms with E-state index in [1.165, 1.54) is 19.2 Å². The molecule has 0 radical (unpaired) electrons. The van der Waals surface area contributed by atoms with Gasteiger partial charge in [0.25, 0.3) is 0 Å². The highest BCUT2D eigenvalue weighted by atomic mass is 79.9. The van der Waals surface area contributed by atoms with E-state index >= 15 is 0 Å². The number of halogens is 2. The molecular weight excluding hydrogens is 275 g/mol. The van der Waals surface area contributed by atoms with Crippen molar-refractivity contribution >= 4 is 21.7 Å². The van der Waals surface area contributed by atoms with Crippen molar-refractivity contribution in [3.8, 4) is 5.75 Å². The van der Waals surface area contributed by atoms with Gasteiger partial charge >= 0.3 is 0 Å². The van der Waals surface area contributed by atoms with Crippen LogP contribution in [0.25, 0.3) is 0 Å². The molecule has 0 bridgehead atoms. The standard InChI is InChI=1S/C12H14BrFO2/c1-12(2,3)11(15)7-5-8(13)9(14)6-10(7)16-4/h5-6H,1-4H3. The minimum Gasteiger partial charge on any atom is -0.496 e. The topological polar surface area (TPSA) is 26.3 Å². The molecule has 0 unspecified atom stereocenters. The van der Waals surface area contributed by atoms with Crippen LogP contribution < -0.4 is 4.74 Å². The summed E-state index contributed by atoms with van der Waals surface area (Å²) in [6, 6.07) is 2.67. The number of carbonyl (C=O) groups excluding carboxylic acids is 1. The first kappa shape index (κ1) is 13.2. The molecular formula is C12H14BrFO2. The number of hydrogen-bond donors (Lipinski definition) is 0. The van der Waals surface area contributed by atoms with Crippen LogP contribution in [0.1, 0.15) is 31.1 Å². The number of ketones is 1. The van der Waals surface area contributed by atoms with Gasteiger partial charge in [-0.15, -0.1) is 0 Å². The molecule has 0 fully saturated rings. The molecule has 4 heteroatoms. The number of Topliss-reactive ketones (excluding diaryl/α,β-unsaturated/α-hetero) is 1. The Morgan fingerprint density at radius 1 is 1.38 bits per heavy atom. The fourth-order valence-electron chi connectivity index (χ4n) is 1.28. The zero-order valence-electron chi connectivity index (χ0n) is 9.73. The summed E-state index contributed by atoms with van der Waals surface area (Å²) < 4.78 is 18.5. The number of benzene rings is 1. The van der Waals surface area contributed by atoms with E-state index in [2.05, 4.69) is 15.9 Å². The van der Waals surface area contributed by atoms with E-state index in [0.717, 1.165) is 0 Å². The first-order valence-electron chi connectivity index (χ1n) is 4.85. The summed E-state index contributed by atoms with van der Waals surface area (Å²) in [5.74, 6) is -0.256. The lowest BCUT2D eigenvalue weighted by atomic mass is 9.86. The highest BCUT2D eigenvalue weighted by Crippen LogP contribution is 2.31. The zero-order valence-corrected chi connectivity index (χ0v) is 11.3. The molecule has 1 aromatic rings. The molecule has 0 aliphatic heterocycles. The second-order valence-electron chi connectivity index (χ2n) is 4.55. The van der Waals surface area contributed by atoms with Crippen LogP contribution >= 0.6 is 15.9 Å². The van der Waals surface area contributed by atoms with E-state index in [1.807, 2.05) is 20.8 Å². The zero-order chi connectivity index (χ0) is 12.5. The Bertz CT molecular complexity index is 422. The largest absolute Gasteiger partial charge is 0.496 e. The van der Waals surface area contributed by atoms with Gasteiger partial charge in [-0.25, -0.2) is 4.39 Å². The van der Waals surface area contributed by atoms with Crippen molar-refractivity contribution in [2.45, 2.75) is 20.8 Å². The highest BCUT2D eigenvalue weighted by molar-refractivity contribution is 9.10. The molecule has 0 N–H and O–H groups in total. The maximum atomic E-state index is 13.3. The van der Waals surface area contributed by atoms with Crippen molar-refractivity contribution in [3.05, 3.63) is 28.0 Å². The summed E-state index contributed by atoms with van der Waals surface area (Å²) in [5, 5.41) is 0. The van der Waals surface area contributed by atoms with Gasteiger partial charge in [-0.1, -0.05) is 20.8 Å². The minimum absolute atomic E-state index is 0.0787. The summed E-state index contributed by atoms with van der Waals surface area (Å²) in [4.78, 5) is 12.1. The SMILES string of the molecule is COc1cc(F)c(Br)cc1C(=O)C(C)(C)C. The molecule has 0 atom stereocenters. The Kier molecular flexibility index (Phi) is 3.73. The summed E-state index contributed by atoms with van der Waals surface area (Å²) >= 11 is 3.06. The molecule has 1 aromatic carbocycles. The maximum absolute atomic E-state index is 13.3. The lowest BCUT2D eigenvalue weighted by Crippen LogP contribution is -2.21. The predicted octanol–water partition coefficient (Wildman–Crippen LogP) is 3.83. The van der Waals surface area contributed by atoms with Crippen LogP contribution in [0.5, 0.6) is 5.75 Å². The van der Waals surface area contributed by atoms with Crippen LogP contribution in [-0.2, 0) is 0 Å². The lowest BCUT2D eigenvalue weighted by Gasteiger charge is -2.18. The third kappa shape index (κ3) is 2.61. The van der Waals surface area contributed by atoms with Crippen molar-refractivity contribution in [3.63, 3.8) is 0 Å². The van der Waals surface area contributed by atoms with Crippen molar-refractivity contribution in [2.24, 2.45) is 5.41 Å². The van der Waals surface area contributed by atoms with E-state index < -0.39 is 11.2 Å². The second kappa shape index (κ2) is 4.53. The Labute approximate surface area is 103 Å². The van der Waals surface area contributed by atoms with Crippen molar-refractivity contribution < 1.29 is 13.9 Å². The van der Waals surface area contributed by atoms with Gasteiger partial charge < -0.3 is 4.74 Å². The first-order chi connectivity index (χ1) is 7.27. The van der Waals surface area contributed by atoms with Crippen molar-refractivity contribution in [2.75, 3.05) is 7.11 Å². The van der Waals surface area contributed by atoms with Crippen LogP contribution in [0.3, 0.4) is 0 Å². The molecule has 0 aliphatic carbocycles. The van der Waals surface area contributed by atoms with Crippen LogP contribution in [0, 0.1) is 11.2 Å². The molecule has 0 aromatic heterocycles. The molecule has 0 amide bonds. The lowest BCUT2D eigenvalue weighted by molar-refractivity contribution is 0.0855. The Balaban J connectivity index is 3.33. The fourth-order valence-corrected chi connectivity index (χ4v) is 1.62. The molecule has 88 valence electrons. The van der Waals surface area contributed by atoms with Crippen LogP contribution in [0.2, 0.25) is 0 Å². The summed E-state index contributed by atoms with van der Waals surface area (Å²) in [6.45, 7) is 5.43. The minimum atomic E-state index is -0.523. The van der Waals surface area contributed by atoms with Gasteiger partial charge in [0.15, 0.2) is 5.78 Å². The average molecular weight is 289 g/mol. The van der Waals surface area contributed by atoms with Gasteiger partial charge in [0.05, 0.1) is 17.1 Å². The number of hydrogen-bond acceptors (Lipinski definition) is 2. The van der Waals surface area contributed by atoms with Gasteiger partial charge in [0, 0.05) is 11.5 Å². The Morgan fingerprint density at radius 3 is 2.38 bits per heavy atom. The third-order valence-electron chi connectivity index (χ3n) is 2.17. The Morgan fingerprint density at radius 2 is 1.94 bits per heavy atom. The summed E-state index contributed by atoms with van der Waals surface area (Å²) in [5.41, 5.74) is -0.131. The first-order valence-corrected chi connectivity index (χ1v) is 5.64. The van der Waals surface area contributed by atoms with E-state index in [4.69, 9.17) is 4.74 Å². The summed E-state index contributed by atoms with van der Waals surface area (Å²) in [6.07, 6.45) is 0. The molecule has 0 aliphatic rings. The van der Waals surface area contributed by atoms with E-state index in [0.29, 0.717) is 5.56 Å². The molecule has 0 saturated carbocycles. The van der Waals surface area contributed by atoms with Gasteiger partial charge in [-0.3, -0.25) is 4.79 Å². The van der Waals surface area contributed by atoms with E-state index in [9.17, 15) is 9.18 Å². The monoisotopic (exact) mass is 288 g/mol. The molecule has 1 rings (SSSR count). The van der Waals surface area contributed by atoms with Gasteiger partial charge in [0.1, 0.15) is 11.6 Å². The Hall–Kier alpha value is -0.900. The van der Waals surface area contributed by atoms with Crippen LogP contribution in [-0.4, -0.2) is 12.9 Å². The smallest absolute Gasteiger partial charge is 0.171 e. The second-order valence-corrected chi connectivity index (χ2v) is 5.40. The molecule has 16 heavy (non-hydrogen) atoms. The number of carbonyl (C=O) groups is 1. The number of methoxy groups -OCH3 is 1. The number of rotatable bonds is 2. The van der Waals surface area contributed by atoms with Gasteiger partial charge in [-0.2, -0.15) is 0 Å². The fraction of sp³-hybridized carbons (Fsp3) is 0.417. The van der Waals surface area contributed by atoms with Crippen molar-refractivity contribution in [1.82, 2.24) is 0 Å². The highest BCUT2D eigenvalue weighted by Gasteiger charge is 2.26. The summed E-state index contributed by atoms with van der Waals surface area (Å²) in [7, 11) is 1.42.